The Kier molecular flexibility index (Phi) is 8.32. The van der Waals surface area contributed by atoms with Crippen molar-refractivity contribution in [2.45, 2.75) is 65.3 Å². The monoisotopic (exact) mass is 413 g/mol. The summed E-state index contributed by atoms with van der Waals surface area (Å²) in [6.45, 7) is 10.2. The zero-order valence-electron chi connectivity index (χ0n) is 19.0. The van der Waals surface area contributed by atoms with Gasteiger partial charge in [0, 0.05) is 38.3 Å². The summed E-state index contributed by atoms with van der Waals surface area (Å²) in [6.07, 6.45) is 6.74. The van der Waals surface area contributed by atoms with Crippen molar-refractivity contribution in [3.63, 3.8) is 0 Å². The quantitative estimate of drug-likeness (QED) is 0.707. The number of piperazine rings is 1. The molecule has 1 aliphatic carbocycles. The molecule has 0 aromatic heterocycles. The predicted molar refractivity (Wildman–Crippen MR) is 122 cm³/mol. The van der Waals surface area contributed by atoms with Crippen molar-refractivity contribution < 1.29 is 9.59 Å². The fraction of sp³-hybridized carbons (Fsp3) is 0.680. The van der Waals surface area contributed by atoms with E-state index in [1.165, 1.54) is 18.4 Å². The first-order chi connectivity index (χ1) is 14.5. The molecule has 0 unspecified atom stereocenters. The van der Waals surface area contributed by atoms with E-state index in [1.54, 1.807) is 0 Å². The van der Waals surface area contributed by atoms with E-state index in [0.717, 1.165) is 50.9 Å². The van der Waals surface area contributed by atoms with Gasteiger partial charge in [0.1, 0.15) is 0 Å². The molecule has 2 amide bonds. The molecule has 1 aliphatic heterocycles. The molecule has 1 heterocycles. The number of aryl methyl sites for hydroxylation is 1. The molecule has 1 atom stereocenters. The van der Waals surface area contributed by atoms with E-state index in [-0.39, 0.29) is 17.9 Å². The van der Waals surface area contributed by atoms with Gasteiger partial charge in [0.2, 0.25) is 5.91 Å². The lowest BCUT2D eigenvalue weighted by molar-refractivity contribution is -0.129. The minimum atomic E-state index is -0.0410. The molecule has 166 valence electrons. The molecule has 0 bridgehead atoms. The fourth-order valence-corrected chi connectivity index (χ4v) is 4.81. The number of rotatable bonds is 8. The van der Waals surface area contributed by atoms with Gasteiger partial charge in [0.05, 0.1) is 6.04 Å². The topological polar surface area (TPSA) is 52.7 Å². The smallest absolute Gasteiger partial charge is 0.253 e. The van der Waals surface area contributed by atoms with Crippen molar-refractivity contribution in [1.29, 1.82) is 0 Å². The van der Waals surface area contributed by atoms with E-state index in [9.17, 15) is 9.59 Å². The zero-order chi connectivity index (χ0) is 21.5. The van der Waals surface area contributed by atoms with Crippen LogP contribution in [0.2, 0.25) is 0 Å². The third-order valence-electron chi connectivity index (χ3n) is 6.74. The van der Waals surface area contributed by atoms with Crippen LogP contribution in [0.3, 0.4) is 0 Å². The SMILES string of the molecule is CCc1ccc(C(=O)N2CCN([C@@H](C(=O)NCCC(C)C)C3CCCC3)CC2)cc1. The molecule has 1 aromatic rings. The summed E-state index contributed by atoms with van der Waals surface area (Å²) in [6, 6.07) is 7.93. The Morgan fingerprint density at radius 2 is 1.67 bits per heavy atom. The van der Waals surface area contributed by atoms with Crippen LogP contribution in [-0.4, -0.2) is 60.4 Å². The molecular formula is C25H39N3O2. The van der Waals surface area contributed by atoms with Gasteiger partial charge in [-0.25, -0.2) is 0 Å². The highest BCUT2D eigenvalue weighted by Gasteiger charge is 2.37. The second kappa shape index (κ2) is 10.9. The molecular weight excluding hydrogens is 374 g/mol. The van der Waals surface area contributed by atoms with Gasteiger partial charge in [-0.1, -0.05) is 45.7 Å². The number of carbonyl (C=O) groups is 2. The van der Waals surface area contributed by atoms with E-state index < -0.39 is 0 Å². The van der Waals surface area contributed by atoms with Crippen LogP contribution in [0.5, 0.6) is 0 Å². The molecule has 30 heavy (non-hydrogen) atoms. The number of benzene rings is 1. The van der Waals surface area contributed by atoms with E-state index in [0.29, 0.717) is 24.9 Å². The lowest BCUT2D eigenvalue weighted by Crippen LogP contribution is -2.58. The van der Waals surface area contributed by atoms with Gasteiger partial charge in [-0.3, -0.25) is 14.5 Å². The van der Waals surface area contributed by atoms with Crippen LogP contribution in [0.1, 0.15) is 68.8 Å². The summed E-state index contributed by atoms with van der Waals surface area (Å²) in [7, 11) is 0. The first-order valence-corrected chi connectivity index (χ1v) is 11.9. The Balaban J connectivity index is 1.59. The second-order valence-electron chi connectivity index (χ2n) is 9.34. The minimum Gasteiger partial charge on any atom is -0.355 e. The molecule has 3 rings (SSSR count). The molecule has 5 heteroatoms. The van der Waals surface area contributed by atoms with Crippen LogP contribution in [0.15, 0.2) is 24.3 Å². The van der Waals surface area contributed by atoms with Crippen molar-refractivity contribution in [3.05, 3.63) is 35.4 Å². The van der Waals surface area contributed by atoms with Crippen molar-refractivity contribution in [3.8, 4) is 0 Å². The van der Waals surface area contributed by atoms with Crippen molar-refractivity contribution in [2.24, 2.45) is 11.8 Å². The Bertz CT molecular complexity index is 687. The van der Waals surface area contributed by atoms with Crippen molar-refractivity contribution in [2.75, 3.05) is 32.7 Å². The number of hydrogen-bond donors (Lipinski definition) is 1. The molecule has 1 aromatic carbocycles. The predicted octanol–water partition coefficient (Wildman–Crippen LogP) is 3.73. The highest BCUT2D eigenvalue weighted by Crippen LogP contribution is 2.31. The van der Waals surface area contributed by atoms with Crippen LogP contribution < -0.4 is 5.32 Å². The lowest BCUT2D eigenvalue weighted by Gasteiger charge is -2.40. The Labute approximate surface area is 182 Å². The molecule has 1 N–H and O–H groups in total. The Hall–Kier alpha value is -1.88. The maximum absolute atomic E-state index is 13.1. The summed E-state index contributed by atoms with van der Waals surface area (Å²) in [5, 5.41) is 3.20. The van der Waals surface area contributed by atoms with Crippen LogP contribution in [0.4, 0.5) is 0 Å². The van der Waals surface area contributed by atoms with Crippen LogP contribution in [-0.2, 0) is 11.2 Å². The number of carbonyl (C=O) groups excluding carboxylic acids is 2. The summed E-state index contributed by atoms with van der Waals surface area (Å²) >= 11 is 0. The summed E-state index contributed by atoms with van der Waals surface area (Å²) < 4.78 is 0. The fourth-order valence-electron chi connectivity index (χ4n) is 4.81. The van der Waals surface area contributed by atoms with Crippen LogP contribution in [0.25, 0.3) is 0 Å². The summed E-state index contributed by atoms with van der Waals surface area (Å²) in [5.41, 5.74) is 2.01. The molecule has 0 radical (unpaired) electrons. The lowest BCUT2D eigenvalue weighted by atomic mass is 9.94. The molecule has 5 nitrogen and oxygen atoms in total. The first-order valence-electron chi connectivity index (χ1n) is 11.9. The van der Waals surface area contributed by atoms with Crippen molar-refractivity contribution in [1.82, 2.24) is 15.1 Å². The minimum absolute atomic E-state index is 0.0410. The van der Waals surface area contributed by atoms with Gasteiger partial charge in [-0.05, 0) is 55.2 Å². The summed E-state index contributed by atoms with van der Waals surface area (Å²) in [4.78, 5) is 30.3. The Morgan fingerprint density at radius 3 is 2.23 bits per heavy atom. The number of hydrogen-bond acceptors (Lipinski definition) is 3. The maximum Gasteiger partial charge on any atom is 0.253 e. The van der Waals surface area contributed by atoms with E-state index >= 15 is 0 Å². The first kappa shape index (κ1) is 22.8. The third-order valence-corrected chi connectivity index (χ3v) is 6.74. The highest BCUT2D eigenvalue weighted by molar-refractivity contribution is 5.94. The molecule has 2 aliphatic rings. The van der Waals surface area contributed by atoms with Gasteiger partial charge < -0.3 is 10.2 Å². The third kappa shape index (κ3) is 5.84. The molecule has 1 saturated carbocycles. The standard InChI is InChI=1S/C25H39N3O2/c1-4-20-9-11-22(12-10-20)25(30)28-17-15-27(16-18-28)23(21-7-5-6-8-21)24(29)26-14-13-19(2)3/h9-12,19,21,23H,4-8,13-18H2,1-3H3,(H,26,29)/t23-/m1/s1. The molecule has 1 saturated heterocycles. The van der Waals surface area contributed by atoms with Gasteiger partial charge in [0.15, 0.2) is 0 Å². The number of nitrogens with zero attached hydrogens (tertiary/aromatic N) is 2. The molecule has 2 fully saturated rings. The van der Waals surface area contributed by atoms with Crippen molar-refractivity contribution >= 4 is 11.8 Å². The second-order valence-corrected chi connectivity index (χ2v) is 9.34. The normalized spacial score (nSPS) is 19.3. The maximum atomic E-state index is 13.1. The van der Waals surface area contributed by atoms with E-state index in [2.05, 4.69) is 31.0 Å². The van der Waals surface area contributed by atoms with Gasteiger partial charge in [0.25, 0.3) is 5.91 Å². The van der Waals surface area contributed by atoms with Gasteiger partial charge >= 0.3 is 0 Å². The van der Waals surface area contributed by atoms with Gasteiger partial charge in [-0.2, -0.15) is 0 Å². The number of nitrogens with one attached hydrogen (secondary N) is 1. The number of amides is 2. The molecule has 0 spiro atoms. The zero-order valence-corrected chi connectivity index (χ0v) is 19.0. The highest BCUT2D eigenvalue weighted by atomic mass is 16.2. The van der Waals surface area contributed by atoms with E-state index in [4.69, 9.17) is 0 Å². The average molecular weight is 414 g/mol. The average Bonchev–Trinajstić information content (AvgIpc) is 3.28. The Morgan fingerprint density at radius 1 is 1.03 bits per heavy atom. The van der Waals surface area contributed by atoms with Crippen LogP contribution >= 0.6 is 0 Å². The summed E-state index contributed by atoms with van der Waals surface area (Å²) in [5.74, 6) is 1.35. The largest absolute Gasteiger partial charge is 0.355 e. The van der Waals surface area contributed by atoms with E-state index in [1.807, 2.05) is 29.2 Å². The van der Waals surface area contributed by atoms with Crippen LogP contribution in [0, 0.1) is 11.8 Å². The van der Waals surface area contributed by atoms with Gasteiger partial charge in [-0.15, -0.1) is 0 Å².